The monoisotopic (exact) mass is 218 g/mol. The minimum Gasteiger partial charge on any atom is -0.493 e. The molecule has 1 heterocycles. The van der Waals surface area contributed by atoms with Crippen molar-refractivity contribution in [1.82, 2.24) is 0 Å². The lowest BCUT2D eigenvalue weighted by Gasteiger charge is -2.30. The summed E-state index contributed by atoms with van der Waals surface area (Å²) in [6.45, 7) is 4.79. The summed E-state index contributed by atoms with van der Waals surface area (Å²) in [7, 11) is 0. The average Bonchev–Trinajstić information content (AvgIpc) is 2.29. The Balaban J connectivity index is 2.33. The van der Waals surface area contributed by atoms with Gasteiger partial charge >= 0.3 is 0 Å². The molecule has 0 aliphatic carbocycles. The molecule has 16 heavy (non-hydrogen) atoms. The second-order valence-corrected chi connectivity index (χ2v) is 4.52. The summed E-state index contributed by atoms with van der Waals surface area (Å²) in [5.41, 5.74) is 1.07. The number of rotatable bonds is 3. The van der Waals surface area contributed by atoms with E-state index in [1.165, 1.54) is 0 Å². The molecule has 2 heteroatoms. The first-order chi connectivity index (χ1) is 7.74. The van der Waals surface area contributed by atoms with Gasteiger partial charge in [0.25, 0.3) is 0 Å². The Morgan fingerprint density at radius 1 is 1.44 bits per heavy atom. The zero-order chi connectivity index (χ0) is 11.5. The van der Waals surface area contributed by atoms with Crippen molar-refractivity contribution in [2.24, 2.45) is 5.92 Å². The Kier molecular flexibility index (Phi) is 3.28. The van der Waals surface area contributed by atoms with Gasteiger partial charge in [-0.15, -0.1) is 0 Å². The predicted molar refractivity (Wildman–Crippen MR) is 63.8 cm³/mol. The lowest BCUT2D eigenvalue weighted by atomic mass is 9.81. The van der Waals surface area contributed by atoms with Crippen LogP contribution in [0.3, 0.4) is 0 Å². The van der Waals surface area contributed by atoms with Crippen molar-refractivity contribution < 1.29 is 9.53 Å². The molecule has 0 radical (unpaired) electrons. The van der Waals surface area contributed by atoms with Crippen LogP contribution in [0.1, 0.15) is 38.2 Å². The van der Waals surface area contributed by atoms with Crippen LogP contribution in [0.25, 0.3) is 0 Å². The largest absolute Gasteiger partial charge is 0.493 e. The molecular formula is C14H18O2. The van der Waals surface area contributed by atoms with Gasteiger partial charge in [-0.25, -0.2) is 0 Å². The molecule has 0 bridgehead atoms. The van der Waals surface area contributed by atoms with Crippen molar-refractivity contribution in [3.05, 3.63) is 29.8 Å². The fourth-order valence-corrected chi connectivity index (χ4v) is 2.39. The second-order valence-electron chi connectivity index (χ2n) is 4.52. The summed E-state index contributed by atoms with van der Waals surface area (Å²) in [4.78, 5) is 12.1. The molecule has 2 rings (SSSR count). The van der Waals surface area contributed by atoms with E-state index in [0.717, 1.165) is 17.7 Å². The summed E-state index contributed by atoms with van der Waals surface area (Å²) in [5.74, 6) is 1.56. The predicted octanol–water partition coefficient (Wildman–Crippen LogP) is 3.17. The Morgan fingerprint density at radius 2 is 2.19 bits per heavy atom. The number of ether oxygens (including phenoxy) is 1. The van der Waals surface area contributed by atoms with Gasteiger partial charge in [0.05, 0.1) is 12.5 Å². The molecular weight excluding hydrogens is 200 g/mol. The molecule has 2 nitrogen and oxygen atoms in total. The lowest BCUT2D eigenvalue weighted by Crippen LogP contribution is -2.29. The number of ketones is 1. The van der Waals surface area contributed by atoms with Gasteiger partial charge in [-0.3, -0.25) is 4.79 Å². The number of hydrogen-bond donors (Lipinski definition) is 0. The Bertz CT molecular complexity index is 384. The third-order valence-electron chi connectivity index (χ3n) is 3.17. The Hall–Kier alpha value is -1.31. The fraction of sp³-hybridized carbons (Fsp3) is 0.500. The van der Waals surface area contributed by atoms with Crippen molar-refractivity contribution in [3.8, 4) is 5.75 Å². The van der Waals surface area contributed by atoms with E-state index in [4.69, 9.17) is 4.74 Å². The maximum Gasteiger partial charge on any atom is 0.140 e. The van der Waals surface area contributed by atoms with E-state index in [-0.39, 0.29) is 11.8 Å². The van der Waals surface area contributed by atoms with Crippen molar-refractivity contribution in [1.29, 1.82) is 0 Å². The molecule has 2 unspecified atom stereocenters. The van der Waals surface area contributed by atoms with Crippen molar-refractivity contribution in [3.63, 3.8) is 0 Å². The summed E-state index contributed by atoms with van der Waals surface area (Å²) >= 11 is 0. The van der Waals surface area contributed by atoms with E-state index in [2.05, 4.69) is 6.92 Å². The Labute approximate surface area is 96.6 Å². The first-order valence-corrected chi connectivity index (χ1v) is 5.98. The highest BCUT2D eigenvalue weighted by molar-refractivity contribution is 5.87. The van der Waals surface area contributed by atoms with E-state index in [9.17, 15) is 4.79 Å². The highest BCUT2D eigenvalue weighted by atomic mass is 16.5. The van der Waals surface area contributed by atoms with Crippen LogP contribution in [-0.2, 0) is 4.79 Å². The molecule has 0 saturated carbocycles. The lowest BCUT2D eigenvalue weighted by molar-refractivity contribution is -0.122. The van der Waals surface area contributed by atoms with Crippen molar-refractivity contribution in [2.45, 2.75) is 32.6 Å². The highest BCUT2D eigenvalue weighted by Gasteiger charge is 2.32. The first-order valence-electron chi connectivity index (χ1n) is 5.98. The average molecular weight is 218 g/mol. The third-order valence-corrected chi connectivity index (χ3v) is 3.17. The summed E-state index contributed by atoms with van der Waals surface area (Å²) in [5, 5.41) is 0. The number of Topliss-reactive ketones (excluding diaryl/α,β-unsaturated/α-hetero) is 1. The van der Waals surface area contributed by atoms with Gasteiger partial charge in [0, 0.05) is 17.9 Å². The molecule has 0 saturated heterocycles. The molecule has 0 amide bonds. The maximum atomic E-state index is 12.1. The van der Waals surface area contributed by atoms with E-state index >= 15 is 0 Å². The van der Waals surface area contributed by atoms with Crippen LogP contribution in [-0.4, -0.2) is 12.4 Å². The number of carbonyl (C=O) groups excluding carboxylic acids is 1. The number of carbonyl (C=O) groups is 1. The topological polar surface area (TPSA) is 26.3 Å². The molecule has 0 N–H and O–H groups in total. The minimum absolute atomic E-state index is 0.0323. The van der Waals surface area contributed by atoms with E-state index in [1.54, 1.807) is 0 Å². The van der Waals surface area contributed by atoms with E-state index < -0.39 is 0 Å². The summed E-state index contributed by atoms with van der Waals surface area (Å²) in [6.07, 6.45) is 1.59. The molecule has 1 aromatic rings. The number of benzene rings is 1. The zero-order valence-corrected chi connectivity index (χ0v) is 9.90. The summed E-state index contributed by atoms with van der Waals surface area (Å²) in [6, 6.07) is 7.90. The zero-order valence-electron chi connectivity index (χ0n) is 9.90. The van der Waals surface area contributed by atoms with Crippen LogP contribution in [0.5, 0.6) is 5.75 Å². The van der Waals surface area contributed by atoms with Crippen molar-refractivity contribution >= 4 is 5.78 Å². The molecule has 2 atom stereocenters. The first kappa shape index (κ1) is 11.2. The smallest absolute Gasteiger partial charge is 0.140 e. The van der Waals surface area contributed by atoms with E-state index in [0.29, 0.717) is 18.8 Å². The third kappa shape index (κ3) is 1.97. The molecule has 0 aromatic heterocycles. The van der Waals surface area contributed by atoms with Gasteiger partial charge in [-0.1, -0.05) is 32.0 Å². The second kappa shape index (κ2) is 4.69. The van der Waals surface area contributed by atoms with Crippen LogP contribution in [0.4, 0.5) is 0 Å². The number of para-hydroxylation sites is 1. The summed E-state index contributed by atoms with van der Waals surface area (Å²) < 4.78 is 5.64. The van der Waals surface area contributed by atoms with E-state index in [1.807, 2.05) is 31.2 Å². The van der Waals surface area contributed by atoms with Gasteiger partial charge in [0.15, 0.2) is 0 Å². The fourth-order valence-electron chi connectivity index (χ4n) is 2.39. The molecule has 1 aliphatic rings. The van der Waals surface area contributed by atoms with Crippen LogP contribution in [0, 0.1) is 5.92 Å². The minimum atomic E-state index is 0.0323. The molecule has 1 aliphatic heterocycles. The van der Waals surface area contributed by atoms with Gasteiger partial charge in [-0.2, -0.15) is 0 Å². The molecule has 0 spiro atoms. The van der Waals surface area contributed by atoms with Gasteiger partial charge in [0.2, 0.25) is 0 Å². The Morgan fingerprint density at radius 3 is 2.94 bits per heavy atom. The van der Waals surface area contributed by atoms with Crippen LogP contribution in [0.2, 0.25) is 0 Å². The standard InChI is InChI=1S/C14H18O2/c1-3-6-12(15)14-10(2)9-16-13-8-5-4-7-11(13)14/h4-5,7-8,10,14H,3,6,9H2,1-2H3. The van der Waals surface area contributed by atoms with Gasteiger partial charge in [-0.05, 0) is 12.5 Å². The van der Waals surface area contributed by atoms with Crippen molar-refractivity contribution in [2.75, 3.05) is 6.61 Å². The van der Waals surface area contributed by atoms with Crippen LogP contribution >= 0.6 is 0 Å². The van der Waals surface area contributed by atoms with Crippen LogP contribution in [0.15, 0.2) is 24.3 Å². The van der Waals surface area contributed by atoms with Gasteiger partial charge < -0.3 is 4.74 Å². The van der Waals surface area contributed by atoms with Crippen LogP contribution < -0.4 is 4.74 Å². The number of fused-ring (bicyclic) bond motifs is 1. The maximum absolute atomic E-state index is 12.1. The highest BCUT2D eigenvalue weighted by Crippen LogP contribution is 2.37. The molecule has 86 valence electrons. The molecule has 0 fully saturated rings. The number of hydrogen-bond acceptors (Lipinski definition) is 2. The van der Waals surface area contributed by atoms with Gasteiger partial charge in [0.1, 0.15) is 11.5 Å². The SMILES string of the molecule is CCCC(=O)C1c2ccccc2OCC1C. The quantitative estimate of drug-likeness (QED) is 0.779. The normalized spacial score (nSPS) is 23.4. The molecule has 1 aromatic carbocycles.